The molecule has 13 heavy (non-hydrogen) atoms. The molecule has 0 bridgehead atoms. The summed E-state index contributed by atoms with van der Waals surface area (Å²) in [6.07, 6.45) is 1.91. The van der Waals surface area contributed by atoms with Crippen LogP contribution in [0.25, 0.3) is 10.2 Å². The van der Waals surface area contributed by atoms with Crippen molar-refractivity contribution in [2.75, 3.05) is 0 Å². The van der Waals surface area contributed by atoms with E-state index in [1.165, 1.54) is 21.3 Å². The Morgan fingerprint density at radius 3 is 2.85 bits per heavy atom. The van der Waals surface area contributed by atoms with Crippen LogP contribution in [0.15, 0.2) is 17.6 Å². The first kappa shape index (κ1) is 8.70. The van der Waals surface area contributed by atoms with Crippen LogP contribution in [-0.4, -0.2) is 4.98 Å². The molecular formula is C11H13NS. The normalized spacial score (nSPS) is 11.4. The molecule has 0 saturated heterocycles. The maximum atomic E-state index is 4.39. The van der Waals surface area contributed by atoms with E-state index in [0.29, 0.717) is 5.92 Å². The second kappa shape index (κ2) is 3.11. The second-order valence-corrected chi connectivity index (χ2v) is 4.53. The van der Waals surface area contributed by atoms with Crippen LogP contribution < -0.4 is 0 Å². The smallest absolute Gasteiger partial charge is 0.0841 e. The van der Waals surface area contributed by atoms with Crippen LogP contribution in [0, 0.1) is 6.92 Å². The van der Waals surface area contributed by atoms with Gasteiger partial charge in [0, 0.05) is 6.20 Å². The Balaban J connectivity index is 2.77. The molecule has 0 aromatic carbocycles. The van der Waals surface area contributed by atoms with Gasteiger partial charge < -0.3 is 0 Å². The molecule has 0 fully saturated rings. The van der Waals surface area contributed by atoms with E-state index < -0.39 is 0 Å². The molecule has 0 saturated carbocycles. The van der Waals surface area contributed by atoms with Gasteiger partial charge in [-0.3, -0.25) is 4.98 Å². The third-order valence-electron chi connectivity index (χ3n) is 2.28. The lowest BCUT2D eigenvalue weighted by Gasteiger charge is -2.05. The van der Waals surface area contributed by atoms with Gasteiger partial charge in [-0.2, -0.15) is 0 Å². The van der Waals surface area contributed by atoms with Gasteiger partial charge in [-0.25, -0.2) is 0 Å². The molecule has 2 aromatic heterocycles. The Morgan fingerprint density at radius 1 is 1.38 bits per heavy atom. The molecule has 68 valence electrons. The number of pyridine rings is 1. The minimum atomic E-state index is 0.587. The fourth-order valence-corrected chi connectivity index (χ4v) is 2.70. The maximum Gasteiger partial charge on any atom is 0.0841 e. The molecule has 0 atom stereocenters. The Kier molecular flexibility index (Phi) is 2.08. The zero-order chi connectivity index (χ0) is 9.42. The van der Waals surface area contributed by atoms with Gasteiger partial charge in [0.1, 0.15) is 0 Å². The van der Waals surface area contributed by atoms with Gasteiger partial charge >= 0.3 is 0 Å². The second-order valence-electron chi connectivity index (χ2n) is 3.65. The van der Waals surface area contributed by atoms with Crippen LogP contribution >= 0.6 is 11.3 Å². The average Bonchev–Trinajstić information content (AvgIpc) is 2.48. The molecule has 0 aliphatic heterocycles. The minimum absolute atomic E-state index is 0.587. The molecule has 0 aliphatic rings. The van der Waals surface area contributed by atoms with Crippen molar-refractivity contribution in [1.29, 1.82) is 0 Å². The number of rotatable bonds is 1. The van der Waals surface area contributed by atoms with Crippen molar-refractivity contribution >= 4 is 21.6 Å². The van der Waals surface area contributed by atoms with E-state index in [2.05, 4.69) is 37.2 Å². The van der Waals surface area contributed by atoms with Crippen LogP contribution in [0.5, 0.6) is 0 Å². The van der Waals surface area contributed by atoms with Gasteiger partial charge in [-0.05, 0) is 35.4 Å². The molecule has 0 radical (unpaired) electrons. The molecule has 1 nitrogen and oxygen atoms in total. The molecule has 0 amide bonds. The summed E-state index contributed by atoms with van der Waals surface area (Å²) in [6, 6.07) is 2.13. The van der Waals surface area contributed by atoms with Gasteiger partial charge in [-0.1, -0.05) is 13.8 Å². The van der Waals surface area contributed by atoms with E-state index in [9.17, 15) is 0 Å². The third-order valence-corrected chi connectivity index (χ3v) is 3.42. The van der Waals surface area contributed by atoms with Crippen molar-refractivity contribution in [1.82, 2.24) is 4.98 Å². The van der Waals surface area contributed by atoms with E-state index in [0.717, 1.165) is 0 Å². The largest absolute Gasteiger partial charge is 0.255 e. The summed E-state index contributed by atoms with van der Waals surface area (Å²) in [4.78, 5) is 4.39. The minimum Gasteiger partial charge on any atom is -0.255 e. The summed E-state index contributed by atoms with van der Waals surface area (Å²) in [7, 11) is 0. The summed E-state index contributed by atoms with van der Waals surface area (Å²) in [5.41, 5.74) is 3.89. The number of hydrogen-bond donors (Lipinski definition) is 0. The Morgan fingerprint density at radius 2 is 2.15 bits per heavy atom. The first-order chi connectivity index (χ1) is 6.20. The molecule has 2 heterocycles. The quantitative estimate of drug-likeness (QED) is 0.669. The number of nitrogens with zero attached hydrogens (tertiary/aromatic N) is 1. The third kappa shape index (κ3) is 1.35. The van der Waals surface area contributed by atoms with Crippen molar-refractivity contribution < 1.29 is 0 Å². The summed E-state index contributed by atoms with van der Waals surface area (Å²) in [5.74, 6) is 0.587. The lowest BCUT2D eigenvalue weighted by atomic mass is 10.0. The molecule has 0 unspecified atom stereocenters. The first-order valence-corrected chi connectivity index (χ1v) is 5.41. The Bertz CT molecular complexity index is 429. The lowest BCUT2D eigenvalue weighted by Crippen LogP contribution is -1.88. The fourth-order valence-electron chi connectivity index (χ4n) is 1.53. The summed E-state index contributed by atoms with van der Waals surface area (Å²) < 4.78 is 1.36. The van der Waals surface area contributed by atoms with E-state index in [1.807, 2.05) is 6.20 Å². The van der Waals surface area contributed by atoms with Gasteiger partial charge in [0.15, 0.2) is 0 Å². The lowest BCUT2D eigenvalue weighted by molar-refractivity contribution is 0.876. The molecule has 2 heteroatoms. The van der Waals surface area contributed by atoms with E-state index in [-0.39, 0.29) is 0 Å². The van der Waals surface area contributed by atoms with Crippen molar-refractivity contribution in [3.8, 4) is 0 Å². The topological polar surface area (TPSA) is 12.9 Å². The highest BCUT2D eigenvalue weighted by Gasteiger charge is 2.08. The summed E-state index contributed by atoms with van der Waals surface area (Å²) in [6.45, 7) is 6.57. The van der Waals surface area contributed by atoms with Gasteiger partial charge in [0.05, 0.1) is 10.2 Å². The van der Waals surface area contributed by atoms with E-state index in [1.54, 1.807) is 11.3 Å². The predicted molar refractivity (Wildman–Crippen MR) is 58.4 cm³/mol. The van der Waals surface area contributed by atoms with Crippen LogP contribution in [0.4, 0.5) is 0 Å². The molecular weight excluding hydrogens is 178 g/mol. The van der Waals surface area contributed by atoms with Crippen molar-refractivity contribution in [3.63, 3.8) is 0 Å². The van der Waals surface area contributed by atoms with Crippen LogP contribution in [0.2, 0.25) is 0 Å². The SMILES string of the molecule is Cc1csc2c(C(C)C)ccnc12. The van der Waals surface area contributed by atoms with Crippen LogP contribution in [-0.2, 0) is 0 Å². The Labute approximate surface area is 82.4 Å². The molecule has 2 rings (SSSR count). The van der Waals surface area contributed by atoms with Gasteiger partial charge in [-0.15, -0.1) is 11.3 Å². The molecule has 0 aliphatic carbocycles. The van der Waals surface area contributed by atoms with E-state index in [4.69, 9.17) is 0 Å². The highest BCUT2D eigenvalue weighted by atomic mass is 32.1. The van der Waals surface area contributed by atoms with Crippen molar-refractivity contribution in [2.24, 2.45) is 0 Å². The standard InChI is InChI=1S/C11H13NS/c1-7(2)9-4-5-12-10-8(3)6-13-11(9)10/h4-7H,1-3H3. The molecule has 0 spiro atoms. The number of fused-ring (bicyclic) bond motifs is 1. The van der Waals surface area contributed by atoms with Crippen molar-refractivity contribution in [3.05, 3.63) is 28.8 Å². The number of aryl methyl sites for hydroxylation is 1. The number of hydrogen-bond acceptors (Lipinski definition) is 2. The van der Waals surface area contributed by atoms with Gasteiger partial charge in [0.2, 0.25) is 0 Å². The first-order valence-electron chi connectivity index (χ1n) is 4.53. The summed E-state index contributed by atoms with van der Waals surface area (Å²) in [5, 5.41) is 2.18. The highest BCUT2D eigenvalue weighted by Crippen LogP contribution is 2.30. The highest BCUT2D eigenvalue weighted by molar-refractivity contribution is 7.17. The Hall–Kier alpha value is -0.890. The van der Waals surface area contributed by atoms with Crippen LogP contribution in [0.3, 0.4) is 0 Å². The zero-order valence-electron chi connectivity index (χ0n) is 8.16. The predicted octanol–water partition coefficient (Wildman–Crippen LogP) is 3.73. The van der Waals surface area contributed by atoms with Gasteiger partial charge in [0.25, 0.3) is 0 Å². The molecule has 0 N–H and O–H groups in total. The number of thiophene rings is 1. The fraction of sp³-hybridized carbons (Fsp3) is 0.364. The number of aromatic nitrogens is 1. The summed E-state index contributed by atoms with van der Waals surface area (Å²) >= 11 is 1.81. The average molecular weight is 191 g/mol. The maximum absolute atomic E-state index is 4.39. The van der Waals surface area contributed by atoms with Crippen LogP contribution in [0.1, 0.15) is 30.9 Å². The molecule has 2 aromatic rings. The van der Waals surface area contributed by atoms with E-state index >= 15 is 0 Å². The van der Waals surface area contributed by atoms with Crippen molar-refractivity contribution in [2.45, 2.75) is 26.7 Å². The monoisotopic (exact) mass is 191 g/mol. The zero-order valence-corrected chi connectivity index (χ0v) is 8.98.